The number of anilines is 1. The average Bonchev–Trinajstić information content (AvgIpc) is 3.15. The molecule has 0 radical (unpaired) electrons. The van der Waals surface area contributed by atoms with Gasteiger partial charge in [0.25, 0.3) is 5.95 Å². The van der Waals surface area contributed by atoms with Crippen LogP contribution in [0.25, 0.3) is 17.2 Å². The van der Waals surface area contributed by atoms with Crippen LogP contribution >= 0.6 is 0 Å². The number of amides is 1. The number of aryl methyl sites for hydroxylation is 2. The van der Waals surface area contributed by atoms with Gasteiger partial charge in [-0.15, -0.1) is 5.10 Å². The summed E-state index contributed by atoms with van der Waals surface area (Å²) in [7, 11) is 0. The molecule has 0 aliphatic carbocycles. The SMILES string of the molecule is CCOc1cccc([C@H]2CC(=O)Nc3c2c(C)nn3-c2nncc(-c3ccc(C)cc3)n2)c1. The van der Waals surface area contributed by atoms with Gasteiger partial charge in [-0.25, -0.2) is 4.98 Å². The zero-order chi connectivity index (χ0) is 22.9. The number of benzene rings is 2. The smallest absolute Gasteiger partial charge is 0.272 e. The molecule has 1 amide bonds. The number of hydrogen-bond donors (Lipinski definition) is 1. The lowest BCUT2D eigenvalue weighted by Crippen LogP contribution is -2.25. The van der Waals surface area contributed by atoms with Crippen LogP contribution in [0.5, 0.6) is 5.75 Å². The Balaban J connectivity index is 1.58. The minimum atomic E-state index is -0.142. The predicted molar refractivity (Wildman–Crippen MR) is 125 cm³/mol. The summed E-state index contributed by atoms with van der Waals surface area (Å²) in [6, 6.07) is 15.9. The summed E-state index contributed by atoms with van der Waals surface area (Å²) in [5.41, 5.74) is 5.55. The first-order valence-electron chi connectivity index (χ1n) is 10.9. The summed E-state index contributed by atoms with van der Waals surface area (Å²) in [6.45, 7) is 6.50. The zero-order valence-corrected chi connectivity index (χ0v) is 18.7. The minimum Gasteiger partial charge on any atom is -0.494 e. The van der Waals surface area contributed by atoms with Crippen molar-refractivity contribution in [3.8, 4) is 23.0 Å². The Hall–Kier alpha value is -4.07. The molecule has 0 fully saturated rings. The Morgan fingerprint density at radius 3 is 2.76 bits per heavy atom. The van der Waals surface area contributed by atoms with Crippen LogP contribution < -0.4 is 10.1 Å². The van der Waals surface area contributed by atoms with Crippen LogP contribution in [-0.4, -0.2) is 37.5 Å². The summed E-state index contributed by atoms with van der Waals surface area (Å²) in [4.78, 5) is 17.4. The number of nitrogens with zero attached hydrogens (tertiary/aromatic N) is 5. The Morgan fingerprint density at radius 2 is 1.97 bits per heavy atom. The molecule has 0 unspecified atom stereocenters. The topological polar surface area (TPSA) is 94.8 Å². The van der Waals surface area contributed by atoms with Crippen LogP contribution in [0.1, 0.15) is 41.6 Å². The molecule has 2 aromatic heterocycles. The lowest BCUT2D eigenvalue weighted by atomic mass is 9.86. The van der Waals surface area contributed by atoms with Gasteiger partial charge in [-0.2, -0.15) is 14.9 Å². The first kappa shape index (κ1) is 20.8. The van der Waals surface area contributed by atoms with Crippen LogP contribution in [0.3, 0.4) is 0 Å². The molecular weight excluding hydrogens is 416 g/mol. The van der Waals surface area contributed by atoms with Gasteiger partial charge in [0.05, 0.1) is 24.2 Å². The van der Waals surface area contributed by atoms with E-state index in [1.165, 1.54) is 5.56 Å². The molecule has 4 aromatic rings. The van der Waals surface area contributed by atoms with Gasteiger partial charge in [-0.3, -0.25) is 4.79 Å². The van der Waals surface area contributed by atoms with Crippen LogP contribution in [-0.2, 0) is 4.79 Å². The standard InChI is InChI=1S/C25H24N6O2/c1-4-33-19-7-5-6-18(12-19)20-13-22(32)28-24-23(20)16(3)30-31(24)25-27-21(14-26-29-25)17-10-8-15(2)9-11-17/h5-12,14,20H,4,13H2,1-3H3,(H,28,32)/t20-/m1/s1. The van der Waals surface area contributed by atoms with E-state index in [4.69, 9.17) is 4.74 Å². The summed E-state index contributed by atoms with van der Waals surface area (Å²) < 4.78 is 7.25. The Bertz CT molecular complexity index is 1330. The van der Waals surface area contributed by atoms with E-state index in [0.29, 0.717) is 30.5 Å². The van der Waals surface area contributed by atoms with E-state index in [1.807, 2.05) is 69.3 Å². The fraction of sp³-hybridized carbons (Fsp3) is 0.240. The first-order valence-corrected chi connectivity index (χ1v) is 10.9. The van der Waals surface area contributed by atoms with Crippen molar-refractivity contribution in [3.63, 3.8) is 0 Å². The fourth-order valence-corrected chi connectivity index (χ4v) is 4.21. The van der Waals surface area contributed by atoms with Gasteiger partial charge in [0.15, 0.2) is 0 Å². The van der Waals surface area contributed by atoms with Crippen LogP contribution in [0.15, 0.2) is 54.7 Å². The maximum atomic E-state index is 12.7. The number of rotatable bonds is 5. The van der Waals surface area contributed by atoms with Crippen molar-refractivity contribution in [2.45, 2.75) is 33.1 Å². The second kappa shape index (κ2) is 8.46. The highest BCUT2D eigenvalue weighted by Gasteiger charge is 2.33. The molecule has 0 saturated carbocycles. The lowest BCUT2D eigenvalue weighted by molar-refractivity contribution is -0.116. The van der Waals surface area contributed by atoms with Crippen molar-refractivity contribution >= 4 is 11.7 Å². The second-order valence-corrected chi connectivity index (χ2v) is 8.08. The third kappa shape index (κ3) is 3.95. The molecule has 0 bridgehead atoms. The minimum absolute atomic E-state index is 0.0851. The Kier molecular flexibility index (Phi) is 5.34. The van der Waals surface area contributed by atoms with Gasteiger partial charge in [-0.05, 0) is 38.5 Å². The molecule has 1 aliphatic rings. The van der Waals surface area contributed by atoms with E-state index in [9.17, 15) is 4.79 Å². The van der Waals surface area contributed by atoms with Crippen molar-refractivity contribution in [3.05, 3.63) is 77.1 Å². The van der Waals surface area contributed by atoms with E-state index in [1.54, 1.807) is 10.9 Å². The molecule has 5 rings (SSSR count). The fourth-order valence-electron chi connectivity index (χ4n) is 4.21. The van der Waals surface area contributed by atoms with E-state index in [0.717, 1.165) is 28.1 Å². The third-order valence-corrected chi connectivity index (χ3v) is 5.76. The lowest BCUT2D eigenvalue weighted by Gasteiger charge is -2.24. The van der Waals surface area contributed by atoms with E-state index >= 15 is 0 Å². The number of carbonyl (C=O) groups is 1. The average molecular weight is 441 g/mol. The number of fused-ring (bicyclic) bond motifs is 1. The van der Waals surface area contributed by atoms with E-state index in [2.05, 4.69) is 25.6 Å². The van der Waals surface area contributed by atoms with Crippen LogP contribution in [0.4, 0.5) is 5.82 Å². The highest BCUT2D eigenvalue weighted by molar-refractivity contribution is 5.95. The Labute approximate surface area is 191 Å². The van der Waals surface area contributed by atoms with Gasteiger partial charge in [0.1, 0.15) is 11.6 Å². The van der Waals surface area contributed by atoms with Gasteiger partial charge >= 0.3 is 0 Å². The molecule has 2 aromatic carbocycles. The maximum Gasteiger partial charge on any atom is 0.272 e. The van der Waals surface area contributed by atoms with Crippen molar-refractivity contribution < 1.29 is 9.53 Å². The Morgan fingerprint density at radius 1 is 1.15 bits per heavy atom. The molecule has 1 N–H and O–H groups in total. The number of aromatic nitrogens is 5. The molecule has 1 aliphatic heterocycles. The number of carbonyl (C=O) groups excluding carboxylic acids is 1. The highest BCUT2D eigenvalue weighted by atomic mass is 16.5. The largest absolute Gasteiger partial charge is 0.494 e. The molecule has 0 saturated heterocycles. The van der Waals surface area contributed by atoms with Crippen molar-refractivity contribution in [1.82, 2.24) is 25.0 Å². The number of nitrogens with one attached hydrogen (secondary N) is 1. The normalized spacial score (nSPS) is 15.1. The molecule has 0 spiro atoms. The molecular formula is C25H24N6O2. The molecule has 8 heteroatoms. The third-order valence-electron chi connectivity index (χ3n) is 5.76. The van der Waals surface area contributed by atoms with Gasteiger partial charge in [0, 0.05) is 23.5 Å². The van der Waals surface area contributed by atoms with Gasteiger partial charge in [-0.1, -0.05) is 42.0 Å². The predicted octanol–water partition coefficient (Wildman–Crippen LogP) is 4.21. The van der Waals surface area contributed by atoms with E-state index < -0.39 is 0 Å². The summed E-state index contributed by atoms with van der Waals surface area (Å²) in [6.07, 6.45) is 1.95. The quantitative estimate of drug-likeness (QED) is 0.499. The molecule has 3 heterocycles. The molecule has 33 heavy (non-hydrogen) atoms. The maximum absolute atomic E-state index is 12.7. The number of hydrogen-bond acceptors (Lipinski definition) is 6. The van der Waals surface area contributed by atoms with Crippen molar-refractivity contribution in [2.24, 2.45) is 0 Å². The molecule has 1 atom stereocenters. The zero-order valence-electron chi connectivity index (χ0n) is 18.7. The van der Waals surface area contributed by atoms with E-state index in [-0.39, 0.29) is 11.8 Å². The number of ether oxygens (including phenoxy) is 1. The highest BCUT2D eigenvalue weighted by Crippen LogP contribution is 2.40. The van der Waals surface area contributed by atoms with Crippen LogP contribution in [0, 0.1) is 13.8 Å². The first-order chi connectivity index (χ1) is 16.0. The summed E-state index contributed by atoms with van der Waals surface area (Å²) in [5, 5.41) is 16.0. The summed E-state index contributed by atoms with van der Waals surface area (Å²) in [5.74, 6) is 1.44. The van der Waals surface area contributed by atoms with Gasteiger partial charge < -0.3 is 10.1 Å². The van der Waals surface area contributed by atoms with Crippen molar-refractivity contribution in [2.75, 3.05) is 11.9 Å². The van der Waals surface area contributed by atoms with Gasteiger partial charge in [0.2, 0.25) is 5.91 Å². The van der Waals surface area contributed by atoms with Crippen LogP contribution in [0.2, 0.25) is 0 Å². The summed E-state index contributed by atoms with van der Waals surface area (Å²) >= 11 is 0. The second-order valence-electron chi connectivity index (χ2n) is 8.08. The molecule has 8 nitrogen and oxygen atoms in total. The van der Waals surface area contributed by atoms with Crippen molar-refractivity contribution in [1.29, 1.82) is 0 Å². The monoisotopic (exact) mass is 440 g/mol. The molecule has 166 valence electrons.